The topological polar surface area (TPSA) is 17.8 Å². The lowest BCUT2D eigenvalue weighted by molar-refractivity contribution is 0.329. The molecule has 0 saturated heterocycles. The number of aromatic nitrogens is 2. The molecule has 0 aliphatic carbocycles. The summed E-state index contributed by atoms with van der Waals surface area (Å²) in [5.41, 5.74) is 2.09. The van der Waals surface area contributed by atoms with Crippen LogP contribution in [0.25, 0.3) is 0 Å². The molecule has 80 valence electrons. The summed E-state index contributed by atoms with van der Waals surface area (Å²) in [5, 5.41) is 5.17. The van der Waals surface area contributed by atoms with Gasteiger partial charge in [0.2, 0.25) is 0 Å². The van der Waals surface area contributed by atoms with Crippen molar-refractivity contribution in [2.45, 2.75) is 34.2 Å². The van der Waals surface area contributed by atoms with Gasteiger partial charge in [-0.05, 0) is 25.0 Å². The average Bonchev–Trinajstić information content (AvgIpc) is 2.33. The van der Waals surface area contributed by atoms with E-state index in [1.165, 1.54) is 0 Å². The van der Waals surface area contributed by atoms with Gasteiger partial charge in [0.1, 0.15) is 0 Å². The van der Waals surface area contributed by atoms with Crippen molar-refractivity contribution in [2.75, 3.05) is 5.75 Å². The average molecular weight is 233 g/mol. The van der Waals surface area contributed by atoms with Gasteiger partial charge < -0.3 is 0 Å². The van der Waals surface area contributed by atoms with E-state index in [9.17, 15) is 0 Å². The van der Waals surface area contributed by atoms with Crippen LogP contribution in [0.3, 0.4) is 0 Å². The molecule has 1 heterocycles. The minimum absolute atomic E-state index is 0.148. The van der Waals surface area contributed by atoms with E-state index in [-0.39, 0.29) is 5.41 Å². The van der Waals surface area contributed by atoms with Crippen LogP contribution in [0.2, 0.25) is 5.02 Å². The van der Waals surface area contributed by atoms with Crippen LogP contribution in [-0.4, -0.2) is 15.5 Å². The van der Waals surface area contributed by atoms with Crippen molar-refractivity contribution < 1.29 is 0 Å². The number of thiol groups is 1. The Morgan fingerprint density at radius 2 is 2.00 bits per heavy atom. The summed E-state index contributed by atoms with van der Waals surface area (Å²) in [6.07, 6.45) is 0. The summed E-state index contributed by atoms with van der Waals surface area (Å²) in [5.74, 6) is 0.836. The zero-order valence-corrected chi connectivity index (χ0v) is 10.8. The standard InChI is InChI=1S/C10H17ClN2S/c1-7-9(11)8(2)13(12-7)5-10(3,4)6-14/h14H,5-6H2,1-4H3. The fourth-order valence-corrected chi connectivity index (χ4v) is 1.52. The second-order valence-corrected chi connectivity index (χ2v) is 5.16. The molecule has 14 heavy (non-hydrogen) atoms. The van der Waals surface area contributed by atoms with E-state index >= 15 is 0 Å². The zero-order chi connectivity index (χ0) is 10.9. The fraction of sp³-hybridized carbons (Fsp3) is 0.700. The van der Waals surface area contributed by atoms with E-state index in [0.29, 0.717) is 0 Å². The fourth-order valence-electron chi connectivity index (χ4n) is 1.28. The van der Waals surface area contributed by atoms with Crippen molar-refractivity contribution in [2.24, 2.45) is 5.41 Å². The highest BCUT2D eigenvalue weighted by Crippen LogP contribution is 2.24. The molecule has 0 aliphatic heterocycles. The Morgan fingerprint density at radius 1 is 1.43 bits per heavy atom. The number of halogens is 1. The molecule has 0 fully saturated rings. The van der Waals surface area contributed by atoms with Gasteiger partial charge in [0.25, 0.3) is 0 Å². The summed E-state index contributed by atoms with van der Waals surface area (Å²) in [4.78, 5) is 0. The minimum atomic E-state index is 0.148. The number of hydrogen-bond donors (Lipinski definition) is 1. The first kappa shape index (κ1) is 11.9. The van der Waals surface area contributed by atoms with E-state index in [1.807, 2.05) is 18.5 Å². The van der Waals surface area contributed by atoms with Gasteiger partial charge in [-0.15, -0.1) is 0 Å². The molecule has 1 aromatic heterocycles. The number of nitrogens with zero attached hydrogens (tertiary/aromatic N) is 2. The summed E-state index contributed by atoms with van der Waals surface area (Å²) in [6, 6.07) is 0. The van der Waals surface area contributed by atoms with Gasteiger partial charge in [-0.2, -0.15) is 17.7 Å². The largest absolute Gasteiger partial charge is 0.267 e. The van der Waals surface area contributed by atoms with Crippen molar-refractivity contribution >= 4 is 24.2 Å². The predicted octanol–water partition coefficient (Wildman–Crippen LogP) is 3.11. The molecule has 0 bridgehead atoms. The minimum Gasteiger partial charge on any atom is -0.267 e. The summed E-state index contributed by atoms with van der Waals surface area (Å²) >= 11 is 10.4. The lowest BCUT2D eigenvalue weighted by Crippen LogP contribution is -2.22. The van der Waals surface area contributed by atoms with Crippen molar-refractivity contribution in [3.63, 3.8) is 0 Å². The quantitative estimate of drug-likeness (QED) is 0.793. The third kappa shape index (κ3) is 2.45. The van der Waals surface area contributed by atoms with Gasteiger partial charge in [-0.3, -0.25) is 4.68 Å². The van der Waals surface area contributed by atoms with E-state index < -0.39 is 0 Å². The summed E-state index contributed by atoms with van der Waals surface area (Å²) in [6.45, 7) is 9.13. The Balaban J connectivity index is 2.93. The van der Waals surface area contributed by atoms with E-state index in [4.69, 9.17) is 11.6 Å². The molecule has 1 rings (SSSR count). The van der Waals surface area contributed by atoms with Gasteiger partial charge in [0.05, 0.1) is 16.4 Å². The summed E-state index contributed by atoms with van der Waals surface area (Å²) < 4.78 is 1.97. The molecule has 0 spiro atoms. The number of rotatable bonds is 3. The molecule has 0 radical (unpaired) electrons. The highest BCUT2D eigenvalue weighted by molar-refractivity contribution is 7.80. The predicted molar refractivity (Wildman–Crippen MR) is 64.3 cm³/mol. The Labute approximate surface area is 96.1 Å². The zero-order valence-electron chi connectivity index (χ0n) is 9.13. The molecule has 4 heteroatoms. The molecule has 0 unspecified atom stereocenters. The van der Waals surface area contributed by atoms with Crippen LogP contribution in [0.4, 0.5) is 0 Å². The van der Waals surface area contributed by atoms with E-state index in [0.717, 1.165) is 28.7 Å². The van der Waals surface area contributed by atoms with E-state index in [2.05, 4.69) is 31.6 Å². The molecule has 0 atom stereocenters. The normalized spacial score (nSPS) is 12.1. The second kappa shape index (κ2) is 4.15. The maximum atomic E-state index is 6.07. The molecule has 0 N–H and O–H groups in total. The first-order chi connectivity index (χ1) is 6.37. The van der Waals surface area contributed by atoms with Crippen LogP contribution in [0.5, 0.6) is 0 Å². The van der Waals surface area contributed by atoms with Crippen molar-refractivity contribution in [1.29, 1.82) is 0 Å². The van der Waals surface area contributed by atoms with E-state index in [1.54, 1.807) is 0 Å². The first-order valence-corrected chi connectivity index (χ1v) is 5.69. The van der Waals surface area contributed by atoms with Crippen molar-refractivity contribution in [1.82, 2.24) is 9.78 Å². The maximum absolute atomic E-state index is 6.07. The van der Waals surface area contributed by atoms with Gasteiger partial charge >= 0.3 is 0 Å². The van der Waals surface area contributed by atoms with Crippen LogP contribution in [0.1, 0.15) is 25.2 Å². The third-order valence-electron chi connectivity index (χ3n) is 2.30. The van der Waals surface area contributed by atoms with Gasteiger partial charge in [0, 0.05) is 6.54 Å². The van der Waals surface area contributed by atoms with Crippen LogP contribution in [-0.2, 0) is 6.54 Å². The SMILES string of the molecule is Cc1nn(CC(C)(C)CS)c(C)c1Cl. The van der Waals surface area contributed by atoms with Crippen LogP contribution >= 0.6 is 24.2 Å². The molecule has 0 aromatic carbocycles. The van der Waals surface area contributed by atoms with Crippen LogP contribution < -0.4 is 0 Å². The molecular formula is C10H17ClN2S. The Morgan fingerprint density at radius 3 is 2.36 bits per heavy atom. The molecule has 2 nitrogen and oxygen atoms in total. The van der Waals surface area contributed by atoms with Gasteiger partial charge in [0.15, 0.2) is 0 Å². The first-order valence-electron chi connectivity index (χ1n) is 4.68. The molecule has 0 aliphatic rings. The lowest BCUT2D eigenvalue weighted by Gasteiger charge is -2.22. The monoisotopic (exact) mass is 232 g/mol. The smallest absolute Gasteiger partial charge is 0.0844 e. The Bertz CT molecular complexity index is 331. The maximum Gasteiger partial charge on any atom is 0.0844 e. The number of aryl methyl sites for hydroxylation is 1. The van der Waals surface area contributed by atoms with Crippen molar-refractivity contribution in [3.05, 3.63) is 16.4 Å². The van der Waals surface area contributed by atoms with Gasteiger partial charge in [-0.25, -0.2) is 0 Å². The molecule has 1 aromatic rings. The summed E-state index contributed by atoms with van der Waals surface area (Å²) in [7, 11) is 0. The Hall–Kier alpha value is -0.150. The van der Waals surface area contributed by atoms with Crippen LogP contribution in [0.15, 0.2) is 0 Å². The number of hydrogen-bond acceptors (Lipinski definition) is 2. The molecule has 0 saturated carbocycles. The highest BCUT2D eigenvalue weighted by Gasteiger charge is 2.19. The highest BCUT2D eigenvalue weighted by atomic mass is 35.5. The van der Waals surface area contributed by atoms with Crippen molar-refractivity contribution in [3.8, 4) is 0 Å². The second-order valence-electron chi connectivity index (χ2n) is 4.46. The molecular weight excluding hydrogens is 216 g/mol. The van der Waals surface area contributed by atoms with Gasteiger partial charge in [-0.1, -0.05) is 25.4 Å². The lowest BCUT2D eigenvalue weighted by atomic mass is 9.96. The molecule has 0 amide bonds. The third-order valence-corrected chi connectivity index (χ3v) is 3.70. The van der Waals surface area contributed by atoms with Crippen LogP contribution in [0, 0.1) is 19.3 Å². The Kier molecular flexibility index (Phi) is 3.53.